The van der Waals surface area contributed by atoms with Crippen molar-refractivity contribution in [2.45, 2.75) is 0 Å². The molecule has 3 N–H and O–H groups in total. The molecule has 3 aromatic carbocycles. The second-order valence-electron chi connectivity index (χ2n) is 6.30. The van der Waals surface area contributed by atoms with Gasteiger partial charge in [0, 0.05) is 28.7 Å². The van der Waals surface area contributed by atoms with Gasteiger partial charge in [0.1, 0.15) is 12.1 Å². The highest BCUT2D eigenvalue weighted by Crippen LogP contribution is 2.22. The first-order valence-electron chi connectivity index (χ1n) is 9.14. The Hall–Kier alpha value is -4.19. The van der Waals surface area contributed by atoms with Crippen molar-refractivity contribution >= 4 is 28.9 Å². The molecule has 1 heterocycles. The van der Waals surface area contributed by atoms with Crippen LogP contribution in [0.4, 0.5) is 27.7 Å². The van der Waals surface area contributed by atoms with E-state index < -0.39 is 0 Å². The fourth-order valence-corrected chi connectivity index (χ4v) is 2.79. The lowest BCUT2D eigenvalue weighted by Gasteiger charge is -2.10. The number of carbonyl (C=O) groups is 1. The van der Waals surface area contributed by atoms with Crippen molar-refractivity contribution in [1.29, 1.82) is 0 Å². The maximum Gasteiger partial charge on any atom is 0.323 e. The van der Waals surface area contributed by atoms with Gasteiger partial charge in [-0.25, -0.2) is 14.8 Å². The Morgan fingerprint density at radius 1 is 0.655 bits per heavy atom. The highest BCUT2D eigenvalue weighted by molar-refractivity contribution is 5.99. The molecule has 0 aliphatic carbocycles. The van der Waals surface area contributed by atoms with E-state index >= 15 is 0 Å². The quantitative estimate of drug-likeness (QED) is 0.425. The normalized spacial score (nSPS) is 10.2. The molecule has 0 atom stereocenters. The molecule has 6 nitrogen and oxygen atoms in total. The fraction of sp³-hybridized carbons (Fsp3) is 0. The van der Waals surface area contributed by atoms with E-state index in [2.05, 4.69) is 25.9 Å². The zero-order valence-electron chi connectivity index (χ0n) is 15.5. The van der Waals surface area contributed by atoms with Crippen molar-refractivity contribution in [3.8, 4) is 11.3 Å². The van der Waals surface area contributed by atoms with E-state index in [9.17, 15) is 4.79 Å². The number of benzene rings is 3. The van der Waals surface area contributed by atoms with Crippen molar-refractivity contribution in [3.63, 3.8) is 0 Å². The Morgan fingerprint density at radius 2 is 1.24 bits per heavy atom. The van der Waals surface area contributed by atoms with Crippen molar-refractivity contribution in [1.82, 2.24) is 9.97 Å². The fourth-order valence-electron chi connectivity index (χ4n) is 2.79. The van der Waals surface area contributed by atoms with Gasteiger partial charge in [0.05, 0.1) is 5.69 Å². The van der Waals surface area contributed by atoms with Crippen LogP contribution in [0.5, 0.6) is 0 Å². The molecule has 29 heavy (non-hydrogen) atoms. The third-order valence-corrected chi connectivity index (χ3v) is 4.18. The van der Waals surface area contributed by atoms with Crippen LogP contribution in [0.3, 0.4) is 0 Å². The van der Waals surface area contributed by atoms with E-state index in [0.717, 1.165) is 22.6 Å². The molecule has 1 aromatic heterocycles. The molecule has 0 aliphatic rings. The van der Waals surface area contributed by atoms with Crippen LogP contribution in [-0.4, -0.2) is 16.0 Å². The molecule has 0 saturated carbocycles. The van der Waals surface area contributed by atoms with Gasteiger partial charge < -0.3 is 16.0 Å². The minimum absolute atomic E-state index is 0.291. The predicted octanol–water partition coefficient (Wildman–Crippen LogP) is 5.53. The van der Waals surface area contributed by atoms with E-state index in [0.29, 0.717) is 11.5 Å². The molecule has 2 amide bonds. The first kappa shape index (κ1) is 18.2. The lowest BCUT2D eigenvalue weighted by atomic mass is 10.1. The van der Waals surface area contributed by atoms with E-state index in [-0.39, 0.29) is 6.03 Å². The Labute approximate surface area is 168 Å². The highest BCUT2D eigenvalue weighted by Gasteiger charge is 2.04. The number of rotatable bonds is 5. The monoisotopic (exact) mass is 381 g/mol. The molecule has 0 fully saturated rings. The molecular formula is C23H19N5O. The van der Waals surface area contributed by atoms with Gasteiger partial charge >= 0.3 is 6.03 Å². The Morgan fingerprint density at radius 3 is 1.93 bits per heavy atom. The average Bonchev–Trinajstić information content (AvgIpc) is 2.77. The van der Waals surface area contributed by atoms with Crippen molar-refractivity contribution in [3.05, 3.63) is 97.3 Å². The van der Waals surface area contributed by atoms with Crippen LogP contribution in [0.1, 0.15) is 0 Å². The van der Waals surface area contributed by atoms with Crippen LogP contribution < -0.4 is 16.0 Å². The number of anilines is 4. The Kier molecular flexibility index (Phi) is 5.43. The van der Waals surface area contributed by atoms with Crippen LogP contribution in [0.25, 0.3) is 11.3 Å². The van der Waals surface area contributed by atoms with Crippen LogP contribution in [0.2, 0.25) is 0 Å². The summed E-state index contributed by atoms with van der Waals surface area (Å²) in [6.07, 6.45) is 1.54. The zero-order chi connectivity index (χ0) is 19.9. The summed E-state index contributed by atoms with van der Waals surface area (Å²) in [5.41, 5.74) is 4.16. The molecule has 6 heteroatoms. The number of hydrogen-bond acceptors (Lipinski definition) is 4. The molecule has 4 rings (SSSR count). The van der Waals surface area contributed by atoms with Gasteiger partial charge in [-0.15, -0.1) is 0 Å². The van der Waals surface area contributed by atoms with Crippen molar-refractivity contribution < 1.29 is 4.79 Å². The molecule has 0 saturated heterocycles. The first-order valence-corrected chi connectivity index (χ1v) is 9.14. The summed E-state index contributed by atoms with van der Waals surface area (Å²) in [7, 11) is 0. The zero-order valence-corrected chi connectivity index (χ0v) is 15.5. The van der Waals surface area contributed by atoms with Gasteiger partial charge in [-0.2, -0.15) is 0 Å². The van der Waals surface area contributed by atoms with E-state index in [4.69, 9.17) is 0 Å². The second kappa shape index (κ2) is 8.67. The first-order chi connectivity index (χ1) is 14.3. The maximum absolute atomic E-state index is 12.1. The van der Waals surface area contributed by atoms with Crippen LogP contribution in [0, 0.1) is 0 Å². The summed E-state index contributed by atoms with van der Waals surface area (Å²) in [5.74, 6) is 0.696. The molecule has 0 aliphatic heterocycles. The molecule has 0 radical (unpaired) electrons. The minimum atomic E-state index is -0.291. The molecule has 0 bridgehead atoms. The largest absolute Gasteiger partial charge is 0.340 e. The van der Waals surface area contributed by atoms with Crippen molar-refractivity contribution in [2.75, 3.05) is 16.0 Å². The van der Waals surface area contributed by atoms with Crippen molar-refractivity contribution in [2.24, 2.45) is 0 Å². The van der Waals surface area contributed by atoms with E-state index in [1.807, 2.05) is 91.0 Å². The summed E-state index contributed by atoms with van der Waals surface area (Å²) < 4.78 is 0. The Bertz CT molecular complexity index is 1080. The van der Waals surface area contributed by atoms with Crippen LogP contribution in [-0.2, 0) is 0 Å². The maximum atomic E-state index is 12.1. The number of hydrogen-bond donors (Lipinski definition) is 3. The number of aromatic nitrogens is 2. The standard InChI is InChI=1S/C23H19N5O/c29-23(27-18-9-5-2-6-10-18)28-20-13-11-19(12-14-20)26-22-15-21(24-16-25-22)17-7-3-1-4-8-17/h1-16H,(H,24,25,26)(H2,27,28,29). The van der Waals surface area contributed by atoms with Gasteiger partial charge in [-0.1, -0.05) is 48.5 Å². The number of carbonyl (C=O) groups excluding carboxylic acids is 1. The topological polar surface area (TPSA) is 78.9 Å². The van der Waals surface area contributed by atoms with E-state index in [1.54, 1.807) is 0 Å². The van der Waals surface area contributed by atoms with Gasteiger partial charge in [0.15, 0.2) is 0 Å². The van der Waals surface area contributed by atoms with Crippen LogP contribution in [0.15, 0.2) is 97.3 Å². The smallest absolute Gasteiger partial charge is 0.323 e. The number of amides is 2. The molecule has 142 valence electrons. The Balaban J connectivity index is 1.39. The number of para-hydroxylation sites is 1. The predicted molar refractivity (Wildman–Crippen MR) is 116 cm³/mol. The third kappa shape index (κ3) is 4.95. The number of urea groups is 1. The summed E-state index contributed by atoms with van der Waals surface area (Å²) in [6.45, 7) is 0. The molecule has 0 unspecified atom stereocenters. The molecule has 4 aromatic rings. The summed E-state index contributed by atoms with van der Waals surface area (Å²) in [5, 5.41) is 8.85. The third-order valence-electron chi connectivity index (χ3n) is 4.18. The van der Waals surface area contributed by atoms with Gasteiger partial charge in [-0.3, -0.25) is 0 Å². The van der Waals surface area contributed by atoms with E-state index in [1.165, 1.54) is 6.33 Å². The van der Waals surface area contributed by atoms with Crippen LogP contribution >= 0.6 is 0 Å². The summed E-state index contributed by atoms with van der Waals surface area (Å²) in [4.78, 5) is 20.7. The summed E-state index contributed by atoms with van der Waals surface area (Å²) in [6, 6.07) is 28.2. The SMILES string of the molecule is O=C(Nc1ccccc1)Nc1ccc(Nc2cc(-c3ccccc3)ncn2)cc1. The minimum Gasteiger partial charge on any atom is -0.340 e. The summed E-state index contributed by atoms with van der Waals surface area (Å²) >= 11 is 0. The van der Waals surface area contributed by atoms with Gasteiger partial charge in [0.25, 0.3) is 0 Å². The molecular weight excluding hydrogens is 362 g/mol. The lowest BCUT2D eigenvalue weighted by Crippen LogP contribution is -2.19. The molecule has 0 spiro atoms. The van der Waals surface area contributed by atoms with Gasteiger partial charge in [-0.05, 0) is 36.4 Å². The highest BCUT2D eigenvalue weighted by atomic mass is 16.2. The van der Waals surface area contributed by atoms with Gasteiger partial charge in [0.2, 0.25) is 0 Å². The average molecular weight is 381 g/mol. The lowest BCUT2D eigenvalue weighted by molar-refractivity contribution is 0.262. The second-order valence-corrected chi connectivity index (χ2v) is 6.30. The number of nitrogens with zero attached hydrogens (tertiary/aromatic N) is 2. The number of nitrogens with one attached hydrogen (secondary N) is 3.